The third kappa shape index (κ3) is 4.42. The van der Waals surface area contributed by atoms with Crippen LogP contribution in [0.15, 0.2) is 30.5 Å². The Balaban J connectivity index is 1.97. The summed E-state index contributed by atoms with van der Waals surface area (Å²) in [5, 5.41) is 12.0. The van der Waals surface area contributed by atoms with Gasteiger partial charge in [0.15, 0.2) is 0 Å². The molecule has 1 aromatic heterocycles. The molecule has 2 nitrogen and oxygen atoms in total. The molecule has 1 unspecified atom stereocenters. The maximum Gasteiger partial charge on any atom is 0.0811 e. The number of nitrogens with zero attached hydrogens (tertiary/aromatic N) is 1. The first-order valence-electron chi connectivity index (χ1n) is 7.95. The van der Waals surface area contributed by atoms with Crippen LogP contribution < -0.4 is 0 Å². The fraction of sp³-hybridized carbons (Fsp3) is 0.500. The summed E-state index contributed by atoms with van der Waals surface area (Å²) in [5.74, 6) is 0. The van der Waals surface area contributed by atoms with Gasteiger partial charge in [0.2, 0.25) is 0 Å². The average molecular weight is 306 g/mol. The van der Waals surface area contributed by atoms with Crippen molar-refractivity contribution in [3.8, 4) is 0 Å². The summed E-state index contributed by atoms with van der Waals surface area (Å²) in [5.41, 5.74) is 1.71. The van der Waals surface area contributed by atoms with E-state index in [1.165, 1.54) is 32.1 Å². The number of aliphatic hydroxyl groups excluding tert-OH is 1. The fourth-order valence-electron chi connectivity index (χ4n) is 2.70. The molecule has 1 atom stereocenters. The maximum atomic E-state index is 10.4. The summed E-state index contributed by atoms with van der Waals surface area (Å²) in [6.07, 6.45) is 9.49. The standard InChI is InChI=1S/C18H24ClNO/c1-2-3-4-5-6-7-10-17(21)15-11-12-16(19)14-9-8-13-20-18(14)15/h8-9,11-13,17,21H,2-7,10H2,1H3. The molecule has 0 aliphatic heterocycles. The van der Waals surface area contributed by atoms with Gasteiger partial charge in [-0.25, -0.2) is 0 Å². The van der Waals surface area contributed by atoms with Crippen molar-refractivity contribution in [1.29, 1.82) is 0 Å². The summed E-state index contributed by atoms with van der Waals surface area (Å²) in [4.78, 5) is 4.39. The van der Waals surface area contributed by atoms with Crippen molar-refractivity contribution in [1.82, 2.24) is 4.98 Å². The highest BCUT2D eigenvalue weighted by Crippen LogP contribution is 2.30. The molecule has 0 spiro atoms. The SMILES string of the molecule is CCCCCCCCC(O)c1ccc(Cl)c2cccnc12. The van der Waals surface area contributed by atoms with Gasteiger partial charge in [-0.3, -0.25) is 4.98 Å². The Hall–Kier alpha value is -1.12. The monoisotopic (exact) mass is 305 g/mol. The van der Waals surface area contributed by atoms with E-state index in [0.717, 1.165) is 29.3 Å². The predicted octanol–water partition coefficient (Wildman–Crippen LogP) is 5.67. The summed E-state index contributed by atoms with van der Waals surface area (Å²) in [6.45, 7) is 2.22. The number of fused-ring (bicyclic) bond motifs is 1. The van der Waals surface area contributed by atoms with Gasteiger partial charge in [0.05, 0.1) is 11.6 Å². The van der Waals surface area contributed by atoms with Crippen LogP contribution in [-0.2, 0) is 0 Å². The molecular formula is C18H24ClNO. The van der Waals surface area contributed by atoms with Crippen molar-refractivity contribution in [2.24, 2.45) is 0 Å². The maximum absolute atomic E-state index is 10.4. The van der Waals surface area contributed by atoms with E-state index in [1.807, 2.05) is 24.3 Å². The Kier molecular flexibility index (Phi) is 6.47. The summed E-state index contributed by atoms with van der Waals surface area (Å²) in [7, 11) is 0. The molecule has 0 aliphatic carbocycles. The zero-order valence-electron chi connectivity index (χ0n) is 12.7. The van der Waals surface area contributed by atoms with E-state index in [4.69, 9.17) is 11.6 Å². The molecule has 3 heteroatoms. The van der Waals surface area contributed by atoms with Crippen LogP contribution in [0.2, 0.25) is 5.02 Å². The van der Waals surface area contributed by atoms with Gasteiger partial charge < -0.3 is 5.11 Å². The Labute approximate surface area is 132 Å². The van der Waals surface area contributed by atoms with Crippen LogP contribution >= 0.6 is 11.6 Å². The first-order valence-corrected chi connectivity index (χ1v) is 8.33. The Bertz CT molecular complexity index is 570. The molecule has 1 aromatic carbocycles. The molecule has 114 valence electrons. The van der Waals surface area contributed by atoms with E-state index in [1.54, 1.807) is 6.20 Å². The van der Waals surface area contributed by atoms with Crippen molar-refractivity contribution in [3.63, 3.8) is 0 Å². The zero-order valence-corrected chi connectivity index (χ0v) is 13.4. The molecule has 0 saturated heterocycles. The summed E-state index contributed by atoms with van der Waals surface area (Å²) >= 11 is 6.19. The van der Waals surface area contributed by atoms with Crippen LogP contribution in [0.1, 0.15) is 63.5 Å². The number of rotatable bonds is 8. The minimum Gasteiger partial charge on any atom is -0.388 e. The third-order valence-electron chi connectivity index (χ3n) is 3.94. The number of aromatic nitrogens is 1. The lowest BCUT2D eigenvalue weighted by atomic mass is 9.99. The van der Waals surface area contributed by atoms with E-state index in [0.29, 0.717) is 5.02 Å². The largest absolute Gasteiger partial charge is 0.388 e. The Morgan fingerprint density at radius 3 is 2.67 bits per heavy atom. The van der Waals surface area contributed by atoms with Crippen molar-refractivity contribution in [3.05, 3.63) is 41.0 Å². The van der Waals surface area contributed by atoms with Gasteiger partial charge in [-0.05, 0) is 24.6 Å². The van der Waals surface area contributed by atoms with Gasteiger partial charge >= 0.3 is 0 Å². The molecule has 2 aromatic rings. The minimum absolute atomic E-state index is 0.453. The average Bonchev–Trinajstić information content (AvgIpc) is 2.51. The number of unbranched alkanes of at least 4 members (excludes halogenated alkanes) is 5. The summed E-state index contributed by atoms with van der Waals surface area (Å²) in [6, 6.07) is 7.58. The lowest BCUT2D eigenvalue weighted by molar-refractivity contribution is 0.164. The number of aliphatic hydroxyl groups is 1. The van der Waals surface area contributed by atoms with Crippen LogP contribution in [0.5, 0.6) is 0 Å². The molecular weight excluding hydrogens is 282 g/mol. The molecule has 0 aliphatic rings. The molecule has 0 radical (unpaired) electrons. The molecule has 0 bridgehead atoms. The number of pyridine rings is 1. The van der Waals surface area contributed by atoms with E-state index in [-0.39, 0.29) is 0 Å². The molecule has 0 amide bonds. The van der Waals surface area contributed by atoms with Crippen LogP contribution in [-0.4, -0.2) is 10.1 Å². The normalized spacial score (nSPS) is 12.7. The van der Waals surface area contributed by atoms with Crippen LogP contribution in [0, 0.1) is 0 Å². The second-order valence-corrected chi connectivity index (χ2v) is 6.02. The van der Waals surface area contributed by atoms with Crippen LogP contribution in [0.3, 0.4) is 0 Å². The van der Waals surface area contributed by atoms with Crippen molar-refractivity contribution in [2.75, 3.05) is 0 Å². The molecule has 0 fully saturated rings. The van der Waals surface area contributed by atoms with Gasteiger partial charge in [0.25, 0.3) is 0 Å². The van der Waals surface area contributed by atoms with Gasteiger partial charge in [0, 0.05) is 22.2 Å². The van der Waals surface area contributed by atoms with Gasteiger partial charge in [-0.15, -0.1) is 0 Å². The first-order chi connectivity index (χ1) is 10.2. The molecule has 21 heavy (non-hydrogen) atoms. The highest BCUT2D eigenvalue weighted by molar-refractivity contribution is 6.35. The number of halogens is 1. The highest BCUT2D eigenvalue weighted by atomic mass is 35.5. The predicted molar refractivity (Wildman–Crippen MR) is 89.7 cm³/mol. The highest BCUT2D eigenvalue weighted by Gasteiger charge is 2.13. The van der Waals surface area contributed by atoms with E-state index in [9.17, 15) is 5.11 Å². The van der Waals surface area contributed by atoms with Crippen molar-refractivity contribution < 1.29 is 5.11 Å². The zero-order chi connectivity index (χ0) is 15.1. The first kappa shape index (κ1) is 16.3. The number of hydrogen-bond donors (Lipinski definition) is 1. The topological polar surface area (TPSA) is 33.1 Å². The van der Waals surface area contributed by atoms with Crippen molar-refractivity contribution >= 4 is 22.5 Å². The molecule has 2 rings (SSSR count). The smallest absolute Gasteiger partial charge is 0.0811 e. The van der Waals surface area contributed by atoms with Gasteiger partial charge in [-0.1, -0.05) is 63.1 Å². The fourth-order valence-corrected chi connectivity index (χ4v) is 2.92. The van der Waals surface area contributed by atoms with E-state index >= 15 is 0 Å². The van der Waals surface area contributed by atoms with Crippen LogP contribution in [0.25, 0.3) is 10.9 Å². The number of hydrogen-bond acceptors (Lipinski definition) is 2. The van der Waals surface area contributed by atoms with Gasteiger partial charge in [-0.2, -0.15) is 0 Å². The molecule has 0 saturated carbocycles. The number of benzene rings is 1. The van der Waals surface area contributed by atoms with Crippen molar-refractivity contribution in [2.45, 2.75) is 58.0 Å². The lowest BCUT2D eigenvalue weighted by Crippen LogP contribution is -2.00. The lowest BCUT2D eigenvalue weighted by Gasteiger charge is -2.13. The van der Waals surface area contributed by atoms with E-state index < -0.39 is 6.10 Å². The molecule has 1 N–H and O–H groups in total. The van der Waals surface area contributed by atoms with Crippen LogP contribution in [0.4, 0.5) is 0 Å². The third-order valence-corrected chi connectivity index (χ3v) is 4.27. The van der Waals surface area contributed by atoms with Gasteiger partial charge in [0.1, 0.15) is 0 Å². The minimum atomic E-state index is -0.453. The molecule has 1 heterocycles. The second kappa shape index (κ2) is 8.35. The second-order valence-electron chi connectivity index (χ2n) is 5.61. The quantitative estimate of drug-likeness (QED) is 0.637. The summed E-state index contributed by atoms with van der Waals surface area (Å²) < 4.78 is 0. The van der Waals surface area contributed by atoms with E-state index in [2.05, 4.69) is 11.9 Å². The Morgan fingerprint density at radius 2 is 1.86 bits per heavy atom. The Morgan fingerprint density at radius 1 is 1.10 bits per heavy atom.